The summed E-state index contributed by atoms with van der Waals surface area (Å²) in [6, 6.07) is 3.17. The second-order valence-corrected chi connectivity index (χ2v) is 5.65. The summed E-state index contributed by atoms with van der Waals surface area (Å²) >= 11 is 0. The van der Waals surface area contributed by atoms with Gasteiger partial charge in [-0.15, -0.1) is 12.4 Å². The maximum atomic E-state index is 12.5. The fourth-order valence-electron chi connectivity index (χ4n) is 2.65. The molecule has 8 nitrogen and oxygen atoms in total. The van der Waals surface area contributed by atoms with Gasteiger partial charge in [0.15, 0.2) is 11.5 Å². The third kappa shape index (κ3) is 5.51. The zero-order valence-electron chi connectivity index (χ0n) is 16.2. The van der Waals surface area contributed by atoms with Gasteiger partial charge in [-0.25, -0.2) is 0 Å². The molecule has 0 saturated carbocycles. The summed E-state index contributed by atoms with van der Waals surface area (Å²) < 4.78 is 18.0. The number of carbonyl (C=O) groups excluding carboxylic acids is 1. The average molecular weight is 399 g/mol. The van der Waals surface area contributed by atoms with Gasteiger partial charge in [-0.1, -0.05) is 0 Å². The molecule has 27 heavy (non-hydrogen) atoms. The van der Waals surface area contributed by atoms with Crippen molar-refractivity contribution in [2.45, 2.75) is 19.5 Å². The number of halogens is 1. The molecule has 1 amide bonds. The highest BCUT2D eigenvalue weighted by Gasteiger charge is 2.20. The molecule has 2 aromatic rings. The molecule has 0 fully saturated rings. The summed E-state index contributed by atoms with van der Waals surface area (Å²) in [5.41, 5.74) is 1.64. The van der Waals surface area contributed by atoms with Crippen molar-refractivity contribution in [2.24, 2.45) is 7.05 Å². The Morgan fingerprint density at radius 1 is 1.26 bits per heavy atom. The fourth-order valence-corrected chi connectivity index (χ4v) is 2.65. The van der Waals surface area contributed by atoms with Crippen LogP contribution in [-0.2, 0) is 18.4 Å². The Kier molecular flexibility index (Phi) is 8.90. The summed E-state index contributed by atoms with van der Waals surface area (Å²) in [4.78, 5) is 12.5. The van der Waals surface area contributed by atoms with Crippen molar-refractivity contribution in [3.8, 4) is 17.2 Å². The predicted molar refractivity (Wildman–Crippen MR) is 105 cm³/mol. The number of hydrogen-bond donors (Lipinski definition) is 2. The van der Waals surface area contributed by atoms with Crippen molar-refractivity contribution in [3.05, 3.63) is 35.7 Å². The zero-order valence-corrected chi connectivity index (χ0v) is 17.1. The molecule has 0 aliphatic carbocycles. The molecule has 2 rings (SSSR count). The molecule has 9 heteroatoms. The number of nitrogens with one attached hydrogen (secondary N) is 2. The summed E-state index contributed by atoms with van der Waals surface area (Å²) in [5.74, 6) is 1.53. The highest BCUT2D eigenvalue weighted by molar-refractivity contribution is 5.85. The van der Waals surface area contributed by atoms with Crippen LogP contribution in [0.25, 0.3) is 0 Å². The van der Waals surface area contributed by atoms with Crippen LogP contribution in [0.15, 0.2) is 24.5 Å². The first-order valence-corrected chi connectivity index (χ1v) is 8.35. The van der Waals surface area contributed by atoms with Crippen molar-refractivity contribution in [3.63, 3.8) is 0 Å². The molecular weight excluding hydrogens is 372 g/mol. The molecule has 1 aromatic heterocycles. The Balaban J connectivity index is 0.00000364. The minimum Gasteiger partial charge on any atom is -0.493 e. The Bertz CT molecular complexity index is 726. The third-order valence-corrected chi connectivity index (χ3v) is 3.88. The van der Waals surface area contributed by atoms with E-state index in [2.05, 4.69) is 15.7 Å². The van der Waals surface area contributed by atoms with E-state index in [1.807, 2.05) is 32.3 Å². The van der Waals surface area contributed by atoms with Crippen LogP contribution in [-0.4, -0.2) is 43.6 Å². The van der Waals surface area contributed by atoms with Gasteiger partial charge >= 0.3 is 0 Å². The minimum absolute atomic E-state index is 0. The first-order chi connectivity index (χ1) is 12.5. The number of aromatic nitrogens is 2. The Hall–Kier alpha value is -2.45. The summed E-state index contributed by atoms with van der Waals surface area (Å²) in [6.45, 7) is 2.72. The summed E-state index contributed by atoms with van der Waals surface area (Å²) in [6.07, 6.45) is 3.48. The van der Waals surface area contributed by atoms with Gasteiger partial charge in [0.25, 0.3) is 0 Å². The lowest BCUT2D eigenvalue weighted by Crippen LogP contribution is -2.35. The van der Waals surface area contributed by atoms with E-state index in [1.165, 1.54) is 0 Å². The van der Waals surface area contributed by atoms with E-state index >= 15 is 0 Å². The molecule has 150 valence electrons. The zero-order chi connectivity index (χ0) is 19.1. The van der Waals surface area contributed by atoms with E-state index in [-0.39, 0.29) is 18.3 Å². The average Bonchev–Trinajstić information content (AvgIpc) is 3.07. The van der Waals surface area contributed by atoms with Crippen LogP contribution in [0.3, 0.4) is 0 Å². The lowest BCUT2D eigenvalue weighted by atomic mass is 10.1. The maximum Gasteiger partial charge on any atom is 0.242 e. The third-order valence-electron chi connectivity index (χ3n) is 3.88. The number of hydrogen-bond acceptors (Lipinski definition) is 6. The SMILES string of the molecule is CCOc1c(OC)cc(CNC(=O)C(NC)c2cnn(C)c2)cc1OC.Cl. The molecule has 0 aliphatic heterocycles. The summed E-state index contributed by atoms with van der Waals surface area (Å²) in [5, 5.41) is 10.0. The molecule has 0 saturated heterocycles. The second kappa shape index (κ2) is 10.6. The normalized spacial score (nSPS) is 11.3. The van der Waals surface area contributed by atoms with E-state index in [9.17, 15) is 4.79 Å². The van der Waals surface area contributed by atoms with Crippen molar-refractivity contribution >= 4 is 18.3 Å². The Morgan fingerprint density at radius 2 is 1.89 bits per heavy atom. The standard InChI is InChI=1S/C18H26N4O4.ClH/c1-6-26-17-14(24-4)7-12(8-15(17)25-5)9-20-18(23)16(19-2)13-10-21-22(3)11-13;/h7-8,10-11,16,19H,6,9H2,1-5H3,(H,20,23);1H. The van der Waals surface area contributed by atoms with E-state index in [0.29, 0.717) is 30.4 Å². The van der Waals surface area contributed by atoms with E-state index in [4.69, 9.17) is 14.2 Å². The van der Waals surface area contributed by atoms with Crippen LogP contribution < -0.4 is 24.8 Å². The van der Waals surface area contributed by atoms with E-state index in [1.54, 1.807) is 32.1 Å². The quantitative estimate of drug-likeness (QED) is 0.670. The monoisotopic (exact) mass is 398 g/mol. The van der Waals surface area contributed by atoms with E-state index in [0.717, 1.165) is 11.1 Å². The van der Waals surface area contributed by atoms with Crippen LogP contribution in [0.1, 0.15) is 24.1 Å². The first-order valence-electron chi connectivity index (χ1n) is 8.35. The van der Waals surface area contributed by atoms with Gasteiger partial charge in [0.2, 0.25) is 11.7 Å². The van der Waals surface area contributed by atoms with Gasteiger partial charge in [0, 0.05) is 25.4 Å². The number of nitrogens with zero attached hydrogens (tertiary/aromatic N) is 2. The van der Waals surface area contributed by atoms with Gasteiger partial charge in [-0.3, -0.25) is 9.48 Å². The second-order valence-electron chi connectivity index (χ2n) is 5.65. The number of amides is 1. The molecule has 0 radical (unpaired) electrons. The largest absolute Gasteiger partial charge is 0.493 e. The van der Waals surface area contributed by atoms with Crippen molar-refractivity contribution < 1.29 is 19.0 Å². The lowest BCUT2D eigenvalue weighted by Gasteiger charge is -2.17. The fraction of sp³-hybridized carbons (Fsp3) is 0.444. The molecule has 1 aromatic carbocycles. The van der Waals surface area contributed by atoms with Gasteiger partial charge in [-0.2, -0.15) is 5.10 Å². The van der Waals surface area contributed by atoms with Crippen LogP contribution >= 0.6 is 12.4 Å². The highest BCUT2D eigenvalue weighted by Crippen LogP contribution is 2.38. The van der Waals surface area contributed by atoms with Crippen molar-refractivity contribution in [1.82, 2.24) is 20.4 Å². The Morgan fingerprint density at radius 3 is 2.33 bits per heavy atom. The number of carbonyl (C=O) groups is 1. The Labute approximate surface area is 165 Å². The number of benzene rings is 1. The van der Waals surface area contributed by atoms with Crippen LogP contribution in [0.4, 0.5) is 0 Å². The number of ether oxygens (including phenoxy) is 3. The smallest absolute Gasteiger partial charge is 0.242 e. The first kappa shape index (κ1) is 22.6. The van der Waals surface area contributed by atoms with Crippen LogP contribution in [0.2, 0.25) is 0 Å². The number of rotatable bonds is 9. The van der Waals surface area contributed by atoms with Gasteiger partial charge < -0.3 is 24.8 Å². The number of aryl methyl sites for hydroxylation is 1. The van der Waals surface area contributed by atoms with E-state index < -0.39 is 6.04 Å². The maximum absolute atomic E-state index is 12.5. The molecule has 0 bridgehead atoms. The minimum atomic E-state index is -0.477. The summed E-state index contributed by atoms with van der Waals surface area (Å²) in [7, 11) is 6.69. The van der Waals surface area contributed by atoms with Crippen LogP contribution in [0, 0.1) is 0 Å². The molecule has 1 heterocycles. The highest BCUT2D eigenvalue weighted by atomic mass is 35.5. The number of likely N-dealkylation sites (N-methyl/N-ethyl adjacent to an activating group) is 1. The van der Waals surface area contributed by atoms with Gasteiger partial charge in [0.1, 0.15) is 6.04 Å². The molecule has 2 N–H and O–H groups in total. The van der Waals surface area contributed by atoms with Crippen LogP contribution in [0.5, 0.6) is 17.2 Å². The predicted octanol–water partition coefficient (Wildman–Crippen LogP) is 1.83. The lowest BCUT2D eigenvalue weighted by molar-refractivity contribution is -0.123. The molecule has 0 spiro atoms. The molecule has 0 aliphatic rings. The molecular formula is C18H27ClN4O4. The topological polar surface area (TPSA) is 86.6 Å². The van der Waals surface area contributed by atoms with Crippen molar-refractivity contribution in [1.29, 1.82) is 0 Å². The van der Waals surface area contributed by atoms with Gasteiger partial charge in [-0.05, 0) is 31.7 Å². The molecule has 1 unspecified atom stereocenters. The van der Waals surface area contributed by atoms with Crippen molar-refractivity contribution in [2.75, 3.05) is 27.9 Å². The van der Waals surface area contributed by atoms with Gasteiger partial charge in [0.05, 0.1) is 27.0 Å². The molecule has 1 atom stereocenters. The number of methoxy groups -OCH3 is 2.